The molecule has 1 N–H and O–H groups in total. The molecule has 0 amide bonds. The molecule has 3 heteroatoms. The third-order valence-electron chi connectivity index (χ3n) is 4.53. The highest BCUT2D eigenvalue weighted by molar-refractivity contribution is 6.00. The van der Waals surface area contributed by atoms with E-state index < -0.39 is 0 Å². The van der Waals surface area contributed by atoms with Crippen LogP contribution in [-0.2, 0) is 6.54 Å². The average molecular weight is 246 g/mol. The highest BCUT2D eigenvalue weighted by atomic mass is 19.1. The van der Waals surface area contributed by atoms with E-state index in [1.54, 1.807) is 0 Å². The van der Waals surface area contributed by atoms with Gasteiger partial charge >= 0.3 is 0 Å². The van der Waals surface area contributed by atoms with Gasteiger partial charge in [0.05, 0.1) is 0 Å². The molecule has 1 saturated carbocycles. The predicted octanol–water partition coefficient (Wildman–Crippen LogP) is 3.55. The van der Waals surface area contributed by atoms with Gasteiger partial charge in [0.15, 0.2) is 0 Å². The molecule has 1 unspecified atom stereocenters. The Kier molecular flexibility index (Phi) is 2.47. The molecule has 18 heavy (non-hydrogen) atoms. The molecule has 1 aliphatic heterocycles. The summed E-state index contributed by atoms with van der Waals surface area (Å²) in [6.45, 7) is 5.32. The zero-order chi connectivity index (χ0) is 12.9. The lowest BCUT2D eigenvalue weighted by Crippen LogP contribution is -2.42. The first-order valence-electron chi connectivity index (χ1n) is 6.63. The summed E-state index contributed by atoms with van der Waals surface area (Å²) in [6.07, 6.45) is 3.59. The summed E-state index contributed by atoms with van der Waals surface area (Å²) in [5, 5.41) is 8.29. The highest BCUT2D eigenvalue weighted by Gasteiger charge is 2.41. The van der Waals surface area contributed by atoms with Gasteiger partial charge in [-0.1, -0.05) is 26.3 Å². The van der Waals surface area contributed by atoms with Gasteiger partial charge in [-0.3, -0.25) is 5.41 Å². The lowest BCUT2D eigenvalue weighted by atomic mass is 9.86. The van der Waals surface area contributed by atoms with Crippen molar-refractivity contribution in [2.45, 2.75) is 45.7 Å². The van der Waals surface area contributed by atoms with Crippen molar-refractivity contribution < 1.29 is 4.39 Å². The van der Waals surface area contributed by atoms with Crippen molar-refractivity contribution in [3.05, 3.63) is 35.1 Å². The van der Waals surface area contributed by atoms with Crippen LogP contribution in [-0.4, -0.2) is 16.8 Å². The van der Waals surface area contributed by atoms with E-state index in [4.69, 9.17) is 5.41 Å². The van der Waals surface area contributed by atoms with E-state index in [9.17, 15) is 4.39 Å². The maximum Gasteiger partial charge on any atom is 0.129 e. The van der Waals surface area contributed by atoms with Crippen molar-refractivity contribution in [2.24, 2.45) is 5.41 Å². The van der Waals surface area contributed by atoms with Crippen molar-refractivity contribution in [2.75, 3.05) is 0 Å². The molecular weight excluding hydrogens is 227 g/mol. The third-order valence-corrected chi connectivity index (χ3v) is 4.53. The van der Waals surface area contributed by atoms with Crippen LogP contribution in [0.25, 0.3) is 0 Å². The van der Waals surface area contributed by atoms with Crippen LogP contribution in [0.4, 0.5) is 4.39 Å². The van der Waals surface area contributed by atoms with Gasteiger partial charge in [0, 0.05) is 18.2 Å². The SMILES string of the molecule is CC1(C)CCCC1N1Cc2ccc(F)cc2C1=N. The normalized spacial score (nSPS) is 25.6. The van der Waals surface area contributed by atoms with Crippen molar-refractivity contribution in [1.82, 2.24) is 4.90 Å². The fourth-order valence-corrected chi connectivity index (χ4v) is 3.48. The molecule has 0 radical (unpaired) electrons. The van der Waals surface area contributed by atoms with Crippen LogP contribution in [0.3, 0.4) is 0 Å². The maximum atomic E-state index is 13.3. The van der Waals surface area contributed by atoms with E-state index in [1.807, 2.05) is 6.07 Å². The van der Waals surface area contributed by atoms with Crippen LogP contribution in [0.2, 0.25) is 0 Å². The molecule has 2 nitrogen and oxygen atoms in total. The number of hydrogen-bond acceptors (Lipinski definition) is 1. The summed E-state index contributed by atoms with van der Waals surface area (Å²) in [4.78, 5) is 2.16. The minimum Gasteiger partial charge on any atom is -0.349 e. The molecule has 3 rings (SSSR count). The second-order valence-corrected chi connectivity index (χ2v) is 6.17. The van der Waals surface area contributed by atoms with Gasteiger partial charge in [0.25, 0.3) is 0 Å². The maximum absolute atomic E-state index is 13.3. The summed E-state index contributed by atoms with van der Waals surface area (Å²) in [7, 11) is 0. The smallest absolute Gasteiger partial charge is 0.129 e. The van der Waals surface area contributed by atoms with Crippen molar-refractivity contribution in [3.8, 4) is 0 Å². The molecule has 0 bridgehead atoms. The topological polar surface area (TPSA) is 27.1 Å². The minimum atomic E-state index is -0.244. The predicted molar refractivity (Wildman–Crippen MR) is 70.2 cm³/mol. The summed E-state index contributed by atoms with van der Waals surface area (Å²) < 4.78 is 13.3. The summed E-state index contributed by atoms with van der Waals surface area (Å²) in [5.74, 6) is 0.260. The Balaban J connectivity index is 1.93. The molecule has 2 aliphatic rings. The van der Waals surface area contributed by atoms with Crippen molar-refractivity contribution in [3.63, 3.8) is 0 Å². The second-order valence-electron chi connectivity index (χ2n) is 6.17. The summed E-state index contributed by atoms with van der Waals surface area (Å²) >= 11 is 0. The molecule has 1 aliphatic carbocycles. The number of hydrogen-bond donors (Lipinski definition) is 1. The standard InChI is InChI=1S/C15H19FN2/c1-15(2)7-3-4-13(15)18-9-10-5-6-11(16)8-12(10)14(18)17/h5-6,8,13,17H,3-4,7,9H2,1-2H3. The molecule has 1 aromatic carbocycles. The molecule has 1 fully saturated rings. The van der Waals surface area contributed by atoms with Crippen LogP contribution in [0.5, 0.6) is 0 Å². The monoisotopic (exact) mass is 246 g/mol. The molecule has 0 spiro atoms. The minimum absolute atomic E-state index is 0.244. The average Bonchev–Trinajstić information content (AvgIpc) is 2.80. The van der Waals surface area contributed by atoms with Crippen LogP contribution < -0.4 is 0 Å². The fourth-order valence-electron chi connectivity index (χ4n) is 3.48. The Morgan fingerprint density at radius 3 is 2.83 bits per heavy atom. The van der Waals surface area contributed by atoms with Crippen molar-refractivity contribution in [1.29, 1.82) is 5.41 Å². The van der Waals surface area contributed by atoms with E-state index in [0.29, 0.717) is 11.9 Å². The highest BCUT2D eigenvalue weighted by Crippen LogP contribution is 2.43. The largest absolute Gasteiger partial charge is 0.349 e. The molecule has 1 atom stereocenters. The number of nitrogens with zero attached hydrogens (tertiary/aromatic N) is 1. The Bertz CT molecular complexity index is 507. The van der Waals surface area contributed by atoms with Crippen LogP contribution in [0, 0.1) is 16.6 Å². The molecule has 0 aromatic heterocycles. The molecule has 0 saturated heterocycles. The zero-order valence-corrected chi connectivity index (χ0v) is 11.0. The first-order chi connectivity index (χ1) is 8.49. The van der Waals surface area contributed by atoms with Crippen LogP contribution >= 0.6 is 0 Å². The van der Waals surface area contributed by atoms with Gasteiger partial charge < -0.3 is 4.90 Å². The first-order valence-corrected chi connectivity index (χ1v) is 6.63. The second kappa shape index (κ2) is 3.81. The molecular formula is C15H19FN2. The van der Waals surface area contributed by atoms with E-state index in [-0.39, 0.29) is 11.2 Å². The van der Waals surface area contributed by atoms with Gasteiger partial charge in [-0.15, -0.1) is 0 Å². The lowest BCUT2D eigenvalue weighted by Gasteiger charge is -2.36. The Labute approximate surface area is 107 Å². The third kappa shape index (κ3) is 1.64. The molecule has 1 aromatic rings. The molecule has 1 heterocycles. The zero-order valence-electron chi connectivity index (χ0n) is 11.0. The Morgan fingerprint density at radius 2 is 2.17 bits per heavy atom. The van der Waals surface area contributed by atoms with Gasteiger partial charge in [-0.2, -0.15) is 0 Å². The number of amidine groups is 1. The van der Waals surface area contributed by atoms with Gasteiger partial charge in [0.2, 0.25) is 0 Å². The van der Waals surface area contributed by atoms with E-state index in [2.05, 4.69) is 18.7 Å². The lowest BCUT2D eigenvalue weighted by molar-refractivity contribution is 0.183. The first kappa shape index (κ1) is 11.7. The van der Waals surface area contributed by atoms with Crippen molar-refractivity contribution >= 4 is 5.84 Å². The number of nitrogens with one attached hydrogen (secondary N) is 1. The number of rotatable bonds is 1. The Hall–Kier alpha value is -1.38. The number of halogens is 1. The quantitative estimate of drug-likeness (QED) is 0.806. The van der Waals surface area contributed by atoms with Crippen LogP contribution in [0.15, 0.2) is 18.2 Å². The Morgan fingerprint density at radius 1 is 1.39 bits per heavy atom. The van der Waals surface area contributed by atoms with E-state index >= 15 is 0 Å². The molecule has 96 valence electrons. The number of fused-ring (bicyclic) bond motifs is 1. The van der Waals surface area contributed by atoms with Gasteiger partial charge in [0.1, 0.15) is 11.7 Å². The summed E-state index contributed by atoms with van der Waals surface area (Å²) in [6, 6.07) is 5.23. The van der Waals surface area contributed by atoms with E-state index in [1.165, 1.54) is 25.0 Å². The fraction of sp³-hybridized carbons (Fsp3) is 0.533. The number of benzene rings is 1. The van der Waals surface area contributed by atoms with Gasteiger partial charge in [-0.05, 0) is 36.0 Å². The van der Waals surface area contributed by atoms with E-state index in [0.717, 1.165) is 24.1 Å². The summed E-state index contributed by atoms with van der Waals surface area (Å²) in [5.41, 5.74) is 2.12. The van der Waals surface area contributed by atoms with Gasteiger partial charge in [-0.25, -0.2) is 4.39 Å². The van der Waals surface area contributed by atoms with Crippen LogP contribution in [0.1, 0.15) is 44.2 Å².